The van der Waals surface area contributed by atoms with Crippen LogP contribution in [0.25, 0.3) is 21.6 Å². The van der Waals surface area contributed by atoms with Gasteiger partial charge in [0.25, 0.3) is 0 Å². The molecule has 0 aliphatic carbocycles. The number of fused-ring (bicyclic) bond motifs is 1. The molecule has 0 bridgehead atoms. The van der Waals surface area contributed by atoms with Gasteiger partial charge in [-0.25, -0.2) is 38.5 Å². The molecule has 0 radical (unpaired) electrons. The molecule has 3 fully saturated rings. The molecule has 1 aromatic carbocycles. The van der Waals surface area contributed by atoms with E-state index >= 15 is 0 Å². The number of carbonyl (C=O) groups excluding carboxylic acids is 2. The Bertz CT molecular complexity index is 2590. The number of azide groups is 1. The van der Waals surface area contributed by atoms with E-state index in [-0.39, 0.29) is 36.0 Å². The Labute approximate surface area is 370 Å². The zero-order valence-electron chi connectivity index (χ0n) is 34.2. The summed E-state index contributed by atoms with van der Waals surface area (Å²) in [6.07, 6.45) is -10.7. The monoisotopic (exact) mass is 968 g/mol. The molecule has 3 aromatic heterocycles. The number of aliphatic hydroxyl groups is 1. The van der Waals surface area contributed by atoms with Crippen molar-refractivity contribution < 1.29 is 80.5 Å². The summed E-state index contributed by atoms with van der Waals surface area (Å²) in [5.74, 6) is -1.31. The number of nitrogens with zero attached hydrogens (tertiary/aromatic N) is 9. The molecule has 2 unspecified atom stereocenters. The zero-order valence-corrected chi connectivity index (χ0v) is 36.0. The average Bonchev–Trinajstić information content (AvgIpc) is 4.07. The number of ether oxygens (including phenoxy) is 6. The minimum absolute atomic E-state index is 0.0219. The van der Waals surface area contributed by atoms with Crippen molar-refractivity contribution in [2.24, 2.45) is 5.11 Å². The first-order valence-electron chi connectivity index (χ1n) is 19.6. The first-order chi connectivity index (χ1) is 31.4. The standard InChI is InChI=1S/C34H42N12O18P2/c1-16(41-34(50)57-11-17-4-6-18(7-5-17)43-44-37)32(48)63-25-19(60-30(24(25)47)46-15-40-23-28(36)38-14-39-29(23)46)13-59-66(54,55)64-26-20(12-58-65(51,52)53)61-31(27(26)62-22-3-2-10-56-22)45-9-8-21(35)42-33(45)49/h4-9,14-16,19-20,22,24-27,30-31,47H,2-3,10-13H2,1H3,(H,41,50)(H,54,55)(H2,35,42,49)(H2,36,38,39)(H2,51,52,53)/t16-,19+,20+,22?,24+,25+,26+,27+,30+,31+/m0/s1. The van der Waals surface area contributed by atoms with E-state index in [1.54, 1.807) is 12.1 Å². The molecule has 7 rings (SSSR count). The van der Waals surface area contributed by atoms with Gasteiger partial charge in [0, 0.05) is 29.8 Å². The summed E-state index contributed by atoms with van der Waals surface area (Å²) in [6, 6.07) is 5.91. The fourth-order valence-electron chi connectivity index (χ4n) is 6.97. The highest BCUT2D eigenvalue weighted by atomic mass is 31.2. The fraction of sp³-hybridized carbons (Fsp3) is 0.500. The predicted molar refractivity (Wildman–Crippen MR) is 217 cm³/mol. The fourth-order valence-corrected chi connectivity index (χ4v) is 8.27. The number of alkyl carbamates (subject to hydrolysis) is 1. The third-order valence-corrected chi connectivity index (χ3v) is 11.5. The SMILES string of the molecule is C[C@H](NC(=O)OCc1ccc(N=[N+]=[N-])cc1)C(=O)O[C@H]1[C@@H](O)[C@H](n2cnc3c(N)ncnc32)O[C@@H]1COP(=O)(O)O[C@H]1[C@@H](OC2CCCO2)[C@H](n2ccc(N)nc2=O)O[C@@H]1COP(=O)(O)O. The summed E-state index contributed by atoms with van der Waals surface area (Å²) in [4.78, 5) is 87.8. The van der Waals surface area contributed by atoms with Crippen LogP contribution >= 0.6 is 15.6 Å². The third kappa shape index (κ3) is 11.6. The van der Waals surface area contributed by atoms with Gasteiger partial charge in [-0.15, -0.1) is 0 Å². The Morgan fingerprint density at radius 2 is 1.74 bits per heavy atom. The van der Waals surface area contributed by atoms with Crippen molar-refractivity contribution in [1.29, 1.82) is 0 Å². The number of hydrogen-bond acceptors (Lipinski definition) is 22. The highest BCUT2D eigenvalue weighted by Crippen LogP contribution is 2.51. The van der Waals surface area contributed by atoms with Gasteiger partial charge in [0.2, 0.25) is 0 Å². The Balaban J connectivity index is 1.09. The van der Waals surface area contributed by atoms with Crippen LogP contribution in [0.3, 0.4) is 0 Å². The maximum atomic E-state index is 13.9. The maximum Gasteiger partial charge on any atom is 0.472 e. The summed E-state index contributed by atoms with van der Waals surface area (Å²) in [5, 5.41) is 17.4. The zero-order chi connectivity index (χ0) is 47.3. The first kappa shape index (κ1) is 48.3. The van der Waals surface area contributed by atoms with E-state index in [9.17, 15) is 43.3 Å². The van der Waals surface area contributed by atoms with E-state index in [0.29, 0.717) is 24.1 Å². The highest BCUT2D eigenvalue weighted by Gasteiger charge is 2.54. The van der Waals surface area contributed by atoms with E-state index in [4.69, 9.17) is 54.5 Å². The van der Waals surface area contributed by atoms with Gasteiger partial charge in [0.05, 0.1) is 19.5 Å². The molecule has 30 nitrogen and oxygen atoms in total. The molecule has 6 heterocycles. The molecule has 3 aliphatic rings. The van der Waals surface area contributed by atoms with Crippen LogP contribution in [0, 0.1) is 0 Å². The summed E-state index contributed by atoms with van der Waals surface area (Å²) in [6.45, 7) is -0.653. The molecule has 0 saturated carbocycles. The third-order valence-electron chi connectivity index (χ3n) is 10.0. The molecule has 0 spiro atoms. The lowest BCUT2D eigenvalue weighted by Crippen LogP contribution is -2.45. The van der Waals surface area contributed by atoms with Gasteiger partial charge in [-0.1, -0.05) is 29.4 Å². The molecule has 9 N–H and O–H groups in total. The van der Waals surface area contributed by atoms with Gasteiger partial charge in [-0.2, -0.15) is 4.98 Å². The topological polar surface area (TPSA) is 424 Å². The Hall–Kier alpha value is -5.68. The normalized spacial score (nSPS) is 26.7. The number of imidazole rings is 1. The number of aromatic nitrogens is 6. The summed E-state index contributed by atoms with van der Waals surface area (Å²) < 4.78 is 77.8. The van der Waals surface area contributed by atoms with Crippen LogP contribution in [0.2, 0.25) is 0 Å². The number of nitrogens with one attached hydrogen (secondary N) is 1. The number of esters is 1. The summed E-state index contributed by atoms with van der Waals surface area (Å²) in [5.41, 5.74) is 20.3. The van der Waals surface area contributed by atoms with Crippen LogP contribution in [-0.2, 0) is 62.5 Å². The number of phosphoric acid groups is 2. The van der Waals surface area contributed by atoms with Crippen molar-refractivity contribution in [2.45, 2.75) is 87.8 Å². The Kier molecular flexibility index (Phi) is 15.0. The molecule has 3 saturated heterocycles. The molecule has 4 aromatic rings. The number of anilines is 2. The number of benzene rings is 1. The van der Waals surface area contributed by atoms with E-state index in [1.807, 2.05) is 0 Å². The first-order valence-corrected chi connectivity index (χ1v) is 22.6. The number of nitrogens with two attached hydrogens (primary N) is 2. The van der Waals surface area contributed by atoms with Crippen LogP contribution < -0.4 is 22.5 Å². The molecule has 3 aliphatic heterocycles. The van der Waals surface area contributed by atoms with Crippen molar-refractivity contribution in [3.05, 3.63) is 75.7 Å². The molecule has 356 valence electrons. The van der Waals surface area contributed by atoms with E-state index in [0.717, 1.165) is 10.9 Å². The summed E-state index contributed by atoms with van der Waals surface area (Å²) >= 11 is 0. The maximum absolute atomic E-state index is 13.9. The van der Waals surface area contributed by atoms with Crippen molar-refractivity contribution in [2.75, 3.05) is 31.3 Å². The molecular weight excluding hydrogens is 926 g/mol. The number of phosphoric ester groups is 2. The number of amides is 1. The smallest absolute Gasteiger partial charge is 0.455 e. The van der Waals surface area contributed by atoms with Gasteiger partial charge in [0.1, 0.15) is 60.8 Å². The second-order valence-electron chi connectivity index (χ2n) is 14.6. The van der Waals surface area contributed by atoms with Crippen LogP contribution in [0.4, 0.5) is 22.1 Å². The predicted octanol–water partition coefficient (Wildman–Crippen LogP) is 0.705. The minimum Gasteiger partial charge on any atom is -0.455 e. The second kappa shape index (κ2) is 20.5. The number of aliphatic hydroxyl groups excluding tert-OH is 1. The van der Waals surface area contributed by atoms with Crippen molar-refractivity contribution >= 4 is 56.2 Å². The van der Waals surface area contributed by atoms with E-state index in [2.05, 4.69) is 39.8 Å². The lowest BCUT2D eigenvalue weighted by Gasteiger charge is -2.29. The number of carbonyl (C=O) groups is 2. The Morgan fingerprint density at radius 3 is 2.44 bits per heavy atom. The molecule has 66 heavy (non-hydrogen) atoms. The Morgan fingerprint density at radius 1 is 1.02 bits per heavy atom. The minimum atomic E-state index is -5.43. The van der Waals surface area contributed by atoms with E-state index < -0.39 is 108 Å². The average molecular weight is 969 g/mol. The molecule has 11 atom stereocenters. The van der Waals surface area contributed by atoms with Gasteiger partial charge in [-0.05, 0) is 30.5 Å². The second-order valence-corrected chi connectivity index (χ2v) is 17.3. The van der Waals surface area contributed by atoms with Crippen LogP contribution in [-0.4, -0.2) is 130 Å². The van der Waals surface area contributed by atoms with Crippen molar-refractivity contribution in [3.63, 3.8) is 0 Å². The quantitative estimate of drug-likeness (QED) is 0.0237. The lowest BCUT2D eigenvalue weighted by molar-refractivity contribution is -0.181. The lowest BCUT2D eigenvalue weighted by atomic mass is 10.1. The molecular formula is C34H42N12O18P2. The number of nitrogen functional groups attached to an aromatic ring is 2. The van der Waals surface area contributed by atoms with E-state index in [1.165, 1.54) is 42.2 Å². The molecule has 1 amide bonds. The van der Waals surface area contributed by atoms with Crippen molar-refractivity contribution in [1.82, 2.24) is 34.4 Å². The van der Waals surface area contributed by atoms with Gasteiger partial charge >= 0.3 is 33.4 Å². The van der Waals surface area contributed by atoms with Crippen LogP contribution in [0.15, 0.2) is 59.1 Å². The van der Waals surface area contributed by atoms with Crippen LogP contribution in [0.1, 0.15) is 37.8 Å². The van der Waals surface area contributed by atoms with Gasteiger partial charge in [0.15, 0.2) is 36.3 Å². The number of rotatable bonds is 18. The molecule has 32 heteroatoms. The van der Waals surface area contributed by atoms with Crippen LogP contribution in [0.5, 0.6) is 0 Å². The highest BCUT2D eigenvalue weighted by molar-refractivity contribution is 7.47. The summed E-state index contributed by atoms with van der Waals surface area (Å²) in [7, 11) is -10.6. The largest absolute Gasteiger partial charge is 0.472 e. The number of hydrogen-bond donors (Lipinski definition) is 7. The van der Waals surface area contributed by atoms with Gasteiger partial charge in [-0.3, -0.25) is 22.7 Å². The van der Waals surface area contributed by atoms with Crippen molar-refractivity contribution in [3.8, 4) is 0 Å². The van der Waals surface area contributed by atoms with Gasteiger partial charge < -0.3 is 65.0 Å².